The summed E-state index contributed by atoms with van der Waals surface area (Å²) in [6.45, 7) is 0.855. The lowest BCUT2D eigenvalue weighted by atomic mass is 9.85. The topological polar surface area (TPSA) is 24.9 Å². The fourth-order valence-electron chi connectivity index (χ4n) is 1.45. The van der Waals surface area contributed by atoms with Gasteiger partial charge in [0.2, 0.25) is 0 Å². The van der Waals surface area contributed by atoms with E-state index in [2.05, 4.69) is 10.3 Å². The normalized spacial score (nSPS) is 16.7. The van der Waals surface area contributed by atoms with Crippen molar-refractivity contribution >= 4 is 5.82 Å². The summed E-state index contributed by atoms with van der Waals surface area (Å²) in [4.78, 5) is 3.92. The first-order valence-electron chi connectivity index (χ1n) is 4.70. The van der Waals surface area contributed by atoms with Crippen LogP contribution in [0, 0.1) is 11.7 Å². The molecule has 1 fully saturated rings. The van der Waals surface area contributed by atoms with Crippen molar-refractivity contribution < 1.29 is 4.39 Å². The second-order valence-electron chi connectivity index (χ2n) is 3.51. The quantitative estimate of drug-likeness (QED) is 0.772. The lowest BCUT2D eigenvalue weighted by Crippen LogP contribution is -2.21. The number of halogens is 1. The number of nitrogens with zero attached hydrogens (tertiary/aromatic N) is 1. The second-order valence-corrected chi connectivity index (χ2v) is 3.51. The molecule has 1 aromatic rings. The van der Waals surface area contributed by atoms with E-state index in [4.69, 9.17) is 0 Å². The summed E-state index contributed by atoms with van der Waals surface area (Å²) in [5, 5.41) is 3.03. The first-order chi connectivity index (χ1) is 6.36. The van der Waals surface area contributed by atoms with Gasteiger partial charge in [-0.05, 0) is 30.9 Å². The molecule has 0 saturated heterocycles. The Kier molecular flexibility index (Phi) is 2.43. The van der Waals surface area contributed by atoms with Gasteiger partial charge in [-0.15, -0.1) is 0 Å². The van der Waals surface area contributed by atoms with Gasteiger partial charge >= 0.3 is 0 Å². The van der Waals surface area contributed by atoms with E-state index in [1.807, 2.05) is 0 Å². The van der Waals surface area contributed by atoms with E-state index in [1.54, 1.807) is 12.3 Å². The number of pyridine rings is 1. The van der Waals surface area contributed by atoms with Gasteiger partial charge in [-0.1, -0.05) is 6.42 Å². The molecule has 1 aliphatic carbocycles. The van der Waals surface area contributed by atoms with Gasteiger partial charge in [-0.3, -0.25) is 0 Å². The molecule has 2 rings (SSSR count). The third kappa shape index (κ3) is 1.97. The Morgan fingerprint density at radius 2 is 2.38 bits per heavy atom. The summed E-state index contributed by atoms with van der Waals surface area (Å²) >= 11 is 0. The Balaban J connectivity index is 1.89. The second kappa shape index (κ2) is 3.73. The van der Waals surface area contributed by atoms with Crippen LogP contribution in [0.5, 0.6) is 0 Å². The minimum absolute atomic E-state index is 0.262. The molecule has 1 saturated carbocycles. The number of hydrogen-bond acceptors (Lipinski definition) is 2. The molecule has 1 N–H and O–H groups in total. The first kappa shape index (κ1) is 8.48. The molecular weight excluding hydrogens is 167 g/mol. The summed E-state index contributed by atoms with van der Waals surface area (Å²) in [6.07, 6.45) is 5.45. The van der Waals surface area contributed by atoms with Gasteiger partial charge in [0.1, 0.15) is 0 Å². The van der Waals surface area contributed by atoms with Crippen LogP contribution in [-0.2, 0) is 0 Å². The zero-order chi connectivity index (χ0) is 9.10. The van der Waals surface area contributed by atoms with Crippen LogP contribution in [0.3, 0.4) is 0 Å². The molecule has 0 aromatic carbocycles. The molecule has 0 unspecified atom stereocenters. The Bertz CT molecular complexity index is 284. The van der Waals surface area contributed by atoms with Gasteiger partial charge in [-0.2, -0.15) is 0 Å². The van der Waals surface area contributed by atoms with Gasteiger partial charge in [0, 0.05) is 12.7 Å². The van der Waals surface area contributed by atoms with Crippen molar-refractivity contribution in [1.29, 1.82) is 0 Å². The van der Waals surface area contributed by atoms with E-state index in [0.29, 0.717) is 5.82 Å². The first-order valence-corrected chi connectivity index (χ1v) is 4.70. The van der Waals surface area contributed by atoms with E-state index < -0.39 is 0 Å². The Morgan fingerprint density at radius 1 is 1.54 bits per heavy atom. The smallest absolute Gasteiger partial charge is 0.165 e. The zero-order valence-electron chi connectivity index (χ0n) is 7.46. The van der Waals surface area contributed by atoms with Crippen LogP contribution in [-0.4, -0.2) is 11.5 Å². The van der Waals surface area contributed by atoms with Crippen LogP contribution in [0.25, 0.3) is 0 Å². The van der Waals surface area contributed by atoms with Crippen LogP contribution in [0.15, 0.2) is 18.3 Å². The highest BCUT2D eigenvalue weighted by Crippen LogP contribution is 2.26. The van der Waals surface area contributed by atoms with Crippen LogP contribution in [0.1, 0.15) is 19.3 Å². The number of anilines is 1. The molecule has 1 aliphatic rings. The fourth-order valence-corrected chi connectivity index (χ4v) is 1.45. The number of hydrogen-bond donors (Lipinski definition) is 1. The van der Waals surface area contributed by atoms with Crippen LogP contribution >= 0.6 is 0 Å². The van der Waals surface area contributed by atoms with Crippen LogP contribution in [0.4, 0.5) is 10.2 Å². The average Bonchev–Trinajstić information content (AvgIpc) is 2.05. The maximum absolute atomic E-state index is 13.0. The van der Waals surface area contributed by atoms with Crippen molar-refractivity contribution in [2.24, 2.45) is 5.92 Å². The van der Waals surface area contributed by atoms with Crippen LogP contribution < -0.4 is 5.32 Å². The Hall–Kier alpha value is -1.12. The van der Waals surface area contributed by atoms with Crippen molar-refractivity contribution in [3.05, 3.63) is 24.1 Å². The monoisotopic (exact) mass is 180 g/mol. The highest BCUT2D eigenvalue weighted by Gasteiger charge is 2.17. The summed E-state index contributed by atoms with van der Waals surface area (Å²) in [6, 6.07) is 3.03. The van der Waals surface area contributed by atoms with Gasteiger partial charge in [0.15, 0.2) is 11.6 Å². The largest absolute Gasteiger partial charge is 0.367 e. The SMILES string of the molecule is Fc1cccnc1NCC1CCC1. The molecule has 1 heterocycles. The lowest BCUT2D eigenvalue weighted by molar-refractivity contribution is 0.333. The summed E-state index contributed by atoms with van der Waals surface area (Å²) in [5.41, 5.74) is 0. The van der Waals surface area contributed by atoms with E-state index in [0.717, 1.165) is 12.5 Å². The summed E-state index contributed by atoms with van der Waals surface area (Å²) in [7, 11) is 0. The van der Waals surface area contributed by atoms with Gasteiger partial charge in [0.25, 0.3) is 0 Å². The molecule has 0 spiro atoms. The van der Waals surface area contributed by atoms with Crippen LogP contribution in [0.2, 0.25) is 0 Å². The zero-order valence-corrected chi connectivity index (χ0v) is 7.46. The van der Waals surface area contributed by atoms with E-state index >= 15 is 0 Å². The predicted molar refractivity (Wildman–Crippen MR) is 50.0 cm³/mol. The maximum Gasteiger partial charge on any atom is 0.165 e. The molecule has 3 heteroatoms. The molecule has 2 nitrogen and oxygen atoms in total. The third-order valence-electron chi connectivity index (χ3n) is 2.54. The average molecular weight is 180 g/mol. The highest BCUT2D eigenvalue weighted by atomic mass is 19.1. The molecule has 1 aromatic heterocycles. The van der Waals surface area contributed by atoms with E-state index in [1.165, 1.54) is 25.3 Å². The Morgan fingerprint density at radius 3 is 3.00 bits per heavy atom. The lowest BCUT2D eigenvalue weighted by Gasteiger charge is -2.25. The molecule has 0 atom stereocenters. The number of nitrogens with one attached hydrogen (secondary N) is 1. The molecule has 0 aliphatic heterocycles. The Labute approximate surface area is 77.2 Å². The van der Waals surface area contributed by atoms with Crippen molar-refractivity contribution in [1.82, 2.24) is 4.98 Å². The van der Waals surface area contributed by atoms with Crippen molar-refractivity contribution in [2.45, 2.75) is 19.3 Å². The summed E-state index contributed by atoms with van der Waals surface area (Å²) in [5.74, 6) is 0.845. The molecular formula is C10H13FN2. The van der Waals surface area contributed by atoms with Gasteiger partial charge in [0.05, 0.1) is 0 Å². The van der Waals surface area contributed by atoms with Crippen molar-refractivity contribution in [3.8, 4) is 0 Å². The maximum atomic E-state index is 13.0. The number of aromatic nitrogens is 1. The van der Waals surface area contributed by atoms with Crippen molar-refractivity contribution in [2.75, 3.05) is 11.9 Å². The fraction of sp³-hybridized carbons (Fsp3) is 0.500. The van der Waals surface area contributed by atoms with E-state index in [-0.39, 0.29) is 5.82 Å². The highest BCUT2D eigenvalue weighted by molar-refractivity contribution is 5.35. The molecule has 70 valence electrons. The molecule has 0 amide bonds. The molecule has 0 bridgehead atoms. The minimum atomic E-state index is -0.262. The van der Waals surface area contributed by atoms with Gasteiger partial charge < -0.3 is 5.32 Å². The van der Waals surface area contributed by atoms with Crippen molar-refractivity contribution in [3.63, 3.8) is 0 Å². The predicted octanol–water partition coefficient (Wildman–Crippen LogP) is 2.43. The minimum Gasteiger partial charge on any atom is -0.367 e. The third-order valence-corrected chi connectivity index (χ3v) is 2.54. The molecule has 0 radical (unpaired) electrons. The van der Waals surface area contributed by atoms with Gasteiger partial charge in [-0.25, -0.2) is 9.37 Å². The van der Waals surface area contributed by atoms with E-state index in [9.17, 15) is 4.39 Å². The summed E-state index contributed by atoms with van der Waals surface area (Å²) < 4.78 is 13.0. The molecule has 13 heavy (non-hydrogen) atoms. The number of rotatable bonds is 3. The standard InChI is InChI=1S/C10H13FN2/c11-9-5-2-6-12-10(9)13-7-8-3-1-4-8/h2,5-6,8H,1,3-4,7H2,(H,12,13).